The fourth-order valence-corrected chi connectivity index (χ4v) is 1.45. The van der Waals surface area contributed by atoms with Gasteiger partial charge >= 0.3 is 0 Å². The van der Waals surface area contributed by atoms with Crippen molar-refractivity contribution in [1.82, 2.24) is 10.1 Å². The van der Waals surface area contributed by atoms with Crippen LogP contribution in [-0.4, -0.2) is 48.6 Å². The summed E-state index contributed by atoms with van der Waals surface area (Å²) in [5, 5.41) is 3.68. The van der Waals surface area contributed by atoms with Crippen molar-refractivity contribution in [2.45, 2.75) is 6.92 Å². The molecule has 1 aromatic rings. The van der Waals surface area contributed by atoms with Crippen LogP contribution < -0.4 is 0 Å². The van der Waals surface area contributed by atoms with Crippen LogP contribution in [-0.2, 0) is 4.74 Å². The van der Waals surface area contributed by atoms with E-state index >= 15 is 0 Å². The zero-order chi connectivity index (χ0) is 12.0. The normalized spacial score (nSPS) is 10.4. The summed E-state index contributed by atoms with van der Waals surface area (Å²) in [6, 6.07) is 1.61. The van der Waals surface area contributed by atoms with E-state index in [-0.39, 0.29) is 5.91 Å². The average molecular weight is 247 g/mol. The molecule has 0 aliphatic rings. The lowest BCUT2D eigenvalue weighted by Gasteiger charge is -2.19. The van der Waals surface area contributed by atoms with E-state index < -0.39 is 0 Å². The van der Waals surface area contributed by atoms with Crippen molar-refractivity contribution in [3.63, 3.8) is 0 Å². The lowest BCUT2D eigenvalue weighted by Crippen LogP contribution is -2.35. The molecule has 0 N–H and O–H groups in total. The van der Waals surface area contributed by atoms with Crippen LogP contribution in [0.25, 0.3) is 0 Å². The first-order valence-corrected chi connectivity index (χ1v) is 5.50. The van der Waals surface area contributed by atoms with Crippen LogP contribution in [0.5, 0.6) is 0 Å². The SMILES string of the molecule is COCCN(CCCl)C(=O)c1cc(C)on1. The highest BCUT2D eigenvalue weighted by atomic mass is 35.5. The second-order valence-corrected chi connectivity index (χ2v) is 3.67. The predicted octanol–water partition coefficient (Wildman–Crippen LogP) is 1.31. The van der Waals surface area contributed by atoms with Crippen molar-refractivity contribution in [2.24, 2.45) is 0 Å². The molecule has 90 valence electrons. The first-order chi connectivity index (χ1) is 7.69. The highest BCUT2D eigenvalue weighted by Gasteiger charge is 2.18. The number of rotatable bonds is 6. The van der Waals surface area contributed by atoms with Gasteiger partial charge in [-0.15, -0.1) is 11.6 Å². The van der Waals surface area contributed by atoms with Gasteiger partial charge < -0.3 is 14.2 Å². The second-order valence-electron chi connectivity index (χ2n) is 3.30. The zero-order valence-corrected chi connectivity index (χ0v) is 10.2. The summed E-state index contributed by atoms with van der Waals surface area (Å²) in [6.45, 7) is 3.17. The third-order valence-corrected chi connectivity index (χ3v) is 2.22. The van der Waals surface area contributed by atoms with E-state index in [9.17, 15) is 4.79 Å². The number of methoxy groups -OCH3 is 1. The van der Waals surface area contributed by atoms with E-state index in [4.69, 9.17) is 20.9 Å². The van der Waals surface area contributed by atoms with E-state index in [2.05, 4.69) is 5.16 Å². The molecule has 0 radical (unpaired) electrons. The molecule has 0 spiro atoms. The van der Waals surface area contributed by atoms with Gasteiger partial charge in [0, 0.05) is 32.1 Å². The summed E-state index contributed by atoms with van der Waals surface area (Å²) < 4.78 is 9.79. The Hall–Kier alpha value is -1.07. The number of ether oxygens (including phenoxy) is 1. The predicted molar refractivity (Wildman–Crippen MR) is 59.7 cm³/mol. The fourth-order valence-electron chi connectivity index (χ4n) is 1.25. The molecule has 0 unspecified atom stereocenters. The van der Waals surface area contributed by atoms with E-state index in [0.717, 1.165) is 0 Å². The zero-order valence-electron chi connectivity index (χ0n) is 9.40. The van der Waals surface area contributed by atoms with Gasteiger partial charge in [-0.25, -0.2) is 0 Å². The molecule has 16 heavy (non-hydrogen) atoms. The quantitative estimate of drug-likeness (QED) is 0.711. The fraction of sp³-hybridized carbons (Fsp3) is 0.600. The molecule has 0 saturated heterocycles. The maximum Gasteiger partial charge on any atom is 0.276 e. The maximum absolute atomic E-state index is 11.9. The summed E-state index contributed by atoms with van der Waals surface area (Å²) in [7, 11) is 1.59. The average Bonchev–Trinajstić information content (AvgIpc) is 2.70. The molecule has 5 nitrogen and oxygen atoms in total. The monoisotopic (exact) mass is 246 g/mol. The second kappa shape index (κ2) is 6.50. The van der Waals surface area contributed by atoms with E-state index in [0.29, 0.717) is 37.0 Å². The Morgan fingerprint density at radius 3 is 2.88 bits per heavy atom. The van der Waals surface area contributed by atoms with Crippen molar-refractivity contribution < 1.29 is 14.1 Å². The number of hydrogen-bond acceptors (Lipinski definition) is 4. The van der Waals surface area contributed by atoms with Gasteiger partial charge in [0.2, 0.25) is 0 Å². The molecule has 1 rings (SSSR count). The van der Waals surface area contributed by atoms with E-state index in [1.165, 1.54) is 0 Å². The molecule has 0 aliphatic heterocycles. The Morgan fingerprint density at radius 1 is 1.62 bits per heavy atom. The molecule has 0 fully saturated rings. The molecule has 0 aliphatic carbocycles. The van der Waals surface area contributed by atoms with Gasteiger partial charge in [0.25, 0.3) is 5.91 Å². The summed E-state index contributed by atoms with van der Waals surface area (Å²) >= 11 is 5.63. The minimum absolute atomic E-state index is 0.186. The van der Waals surface area contributed by atoms with Crippen LogP contribution in [0.3, 0.4) is 0 Å². The van der Waals surface area contributed by atoms with Gasteiger partial charge in [-0.2, -0.15) is 0 Å². The van der Waals surface area contributed by atoms with Gasteiger partial charge in [-0.3, -0.25) is 4.79 Å². The molecule has 1 amide bonds. The Balaban J connectivity index is 2.66. The molecule has 0 saturated carbocycles. The number of nitrogens with zero attached hydrogens (tertiary/aromatic N) is 2. The topological polar surface area (TPSA) is 55.6 Å². The first kappa shape index (κ1) is 13.0. The van der Waals surface area contributed by atoms with Crippen molar-refractivity contribution in [3.05, 3.63) is 17.5 Å². The Morgan fingerprint density at radius 2 is 2.38 bits per heavy atom. The third-order valence-electron chi connectivity index (χ3n) is 2.05. The van der Waals surface area contributed by atoms with Crippen LogP contribution >= 0.6 is 11.6 Å². The Bertz CT molecular complexity index is 341. The molecule has 6 heteroatoms. The Kier molecular flexibility index (Phi) is 5.28. The van der Waals surface area contributed by atoms with Crippen molar-refractivity contribution in [2.75, 3.05) is 32.7 Å². The Labute approximate surface area is 99.3 Å². The molecular weight excluding hydrogens is 232 g/mol. The molecule has 0 bridgehead atoms. The van der Waals surface area contributed by atoms with Gasteiger partial charge in [-0.1, -0.05) is 5.16 Å². The molecule has 1 heterocycles. The third kappa shape index (κ3) is 3.50. The first-order valence-electron chi connectivity index (χ1n) is 4.96. The minimum Gasteiger partial charge on any atom is -0.383 e. The van der Waals surface area contributed by atoms with E-state index in [1.807, 2.05) is 0 Å². The number of hydrogen-bond donors (Lipinski definition) is 0. The lowest BCUT2D eigenvalue weighted by molar-refractivity contribution is 0.0697. The number of aromatic nitrogens is 1. The van der Waals surface area contributed by atoms with Crippen molar-refractivity contribution in [1.29, 1.82) is 0 Å². The van der Waals surface area contributed by atoms with Crippen LogP contribution in [0.1, 0.15) is 16.2 Å². The number of amides is 1. The van der Waals surface area contributed by atoms with Gasteiger partial charge in [0.05, 0.1) is 6.61 Å². The number of carbonyl (C=O) groups is 1. The number of halogens is 1. The smallest absolute Gasteiger partial charge is 0.276 e. The number of aryl methyl sites for hydroxylation is 1. The minimum atomic E-state index is -0.186. The number of alkyl halides is 1. The maximum atomic E-state index is 11.9. The summed E-state index contributed by atoms with van der Waals surface area (Å²) in [6.07, 6.45) is 0. The van der Waals surface area contributed by atoms with E-state index in [1.54, 1.807) is 25.0 Å². The summed E-state index contributed by atoms with van der Waals surface area (Å²) in [4.78, 5) is 13.5. The summed E-state index contributed by atoms with van der Waals surface area (Å²) in [5.74, 6) is 0.808. The summed E-state index contributed by atoms with van der Waals surface area (Å²) in [5.41, 5.74) is 0.304. The van der Waals surface area contributed by atoms with Crippen LogP contribution in [0.2, 0.25) is 0 Å². The molecule has 0 aromatic carbocycles. The van der Waals surface area contributed by atoms with Gasteiger partial charge in [0.15, 0.2) is 5.69 Å². The molecule has 1 aromatic heterocycles. The van der Waals surface area contributed by atoms with Crippen molar-refractivity contribution >= 4 is 17.5 Å². The van der Waals surface area contributed by atoms with Crippen LogP contribution in [0.15, 0.2) is 10.6 Å². The standard InChI is InChI=1S/C10H15ClN2O3/c1-8-7-9(12-16-8)10(14)13(4-3-11)5-6-15-2/h7H,3-6H2,1-2H3. The largest absolute Gasteiger partial charge is 0.383 e. The van der Waals surface area contributed by atoms with Gasteiger partial charge in [-0.05, 0) is 6.92 Å². The van der Waals surface area contributed by atoms with Crippen molar-refractivity contribution in [3.8, 4) is 0 Å². The highest BCUT2D eigenvalue weighted by Crippen LogP contribution is 2.06. The van der Waals surface area contributed by atoms with Crippen LogP contribution in [0.4, 0.5) is 0 Å². The van der Waals surface area contributed by atoms with Gasteiger partial charge in [0.1, 0.15) is 5.76 Å². The number of carbonyl (C=O) groups excluding carboxylic acids is 1. The highest BCUT2D eigenvalue weighted by molar-refractivity contribution is 6.18. The molecular formula is C10H15ClN2O3. The molecule has 0 atom stereocenters. The van der Waals surface area contributed by atoms with Crippen LogP contribution in [0, 0.1) is 6.92 Å². The lowest BCUT2D eigenvalue weighted by atomic mass is 10.3.